The zero-order chi connectivity index (χ0) is 4.50. The summed E-state index contributed by atoms with van der Waals surface area (Å²) in [5.41, 5.74) is 0. The predicted molar refractivity (Wildman–Crippen MR) is 20.8 cm³/mol. The third-order valence-electron chi connectivity index (χ3n) is 0. The third-order valence-corrected chi connectivity index (χ3v) is 0. The quantitative estimate of drug-likeness (QED) is 0.628. The van der Waals surface area contributed by atoms with Gasteiger partial charge in [0.1, 0.15) is 0 Å². The van der Waals surface area contributed by atoms with Gasteiger partial charge in [-0.3, -0.25) is 9.11 Å². The summed E-state index contributed by atoms with van der Waals surface area (Å²) in [6.07, 6.45) is 0. The summed E-state index contributed by atoms with van der Waals surface area (Å²) in [5.74, 6) is 0. The van der Waals surface area contributed by atoms with Gasteiger partial charge in [0, 0.05) is 42.3 Å². The average Bonchev–Trinajstić information content (AvgIpc) is 0.722. The van der Waals surface area contributed by atoms with Gasteiger partial charge in [-0.1, -0.05) is 0 Å². The van der Waals surface area contributed by atoms with Gasteiger partial charge >= 0.3 is 0 Å². The van der Waals surface area contributed by atoms with E-state index in [0.717, 1.165) is 0 Å². The Balaban J connectivity index is 0. The molecule has 0 rings (SSSR count). The third kappa shape index (κ3) is 55.9. The van der Waals surface area contributed by atoms with Crippen molar-refractivity contribution in [3.8, 4) is 0 Å². The van der Waals surface area contributed by atoms with Crippen molar-refractivity contribution in [2.75, 3.05) is 0 Å². The second-order valence-corrected chi connectivity index (χ2v) is 2.65. The molecule has 0 fully saturated rings. The van der Waals surface area contributed by atoms with Crippen LogP contribution in [-0.2, 0) is 20.2 Å². The van der Waals surface area contributed by atoms with Gasteiger partial charge in [0.2, 0.25) is 0 Å². The molecular formula is H2O3S2U. The molecule has 0 bridgehead atoms. The van der Waals surface area contributed by atoms with Crippen LogP contribution in [0.1, 0.15) is 0 Å². The molecule has 0 unspecified atom stereocenters. The monoisotopic (exact) mass is 352 g/mol. The summed E-state index contributed by atoms with van der Waals surface area (Å²) in [4.78, 5) is 0. The van der Waals surface area contributed by atoms with Crippen LogP contribution < -0.4 is 0 Å². The number of rotatable bonds is 0. The fraction of sp³-hybridized carbons (Fsp3) is 0. The van der Waals surface area contributed by atoms with Gasteiger partial charge in [-0.2, -0.15) is 4.21 Å². The Morgan fingerprint density at radius 1 is 1.50 bits per heavy atom. The van der Waals surface area contributed by atoms with Crippen LogP contribution in [0, 0.1) is 31.1 Å². The molecule has 0 saturated heterocycles. The molecule has 3 nitrogen and oxygen atoms in total. The van der Waals surface area contributed by atoms with Crippen LogP contribution in [0.25, 0.3) is 0 Å². The van der Waals surface area contributed by atoms with Crippen molar-refractivity contribution >= 4 is 20.2 Å². The van der Waals surface area contributed by atoms with E-state index in [9.17, 15) is 0 Å². The topological polar surface area (TPSA) is 57.5 Å². The van der Waals surface area contributed by atoms with E-state index >= 15 is 0 Å². The minimum absolute atomic E-state index is 0. The first kappa shape index (κ1) is 10.3. The molecule has 6 heavy (non-hydrogen) atoms. The van der Waals surface area contributed by atoms with E-state index in [1.807, 2.05) is 0 Å². The molecule has 0 aromatic carbocycles. The predicted octanol–water partition coefficient (Wildman–Crippen LogP) is -0.321. The van der Waals surface area contributed by atoms with Crippen molar-refractivity contribution < 1.29 is 44.4 Å². The van der Waals surface area contributed by atoms with E-state index in [0.29, 0.717) is 0 Å². The molecule has 0 amide bonds. The van der Waals surface area contributed by atoms with Crippen molar-refractivity contribution in [3.05, 3.63) is 0 Å². The summed E-state index contributed by atoms with van der Waals surface area (Å²) in [6, 6.07) is 0. The molecule has 0 aromatic heterocycles. The maximum Gasteiger partial charge on any atom is 0.263 e. The molecule has 6 heteroatoms. The normalized spacial score (nSPS) is 9.67. The first-order chi connectivity index (χ1) is 2.00. The fourth-order valence-corrected chi connectivity index (χ4v) is 0. The Hall–Kier alpha value is 1.34. The smallest absolute Gasteiger partial charge is 0.263 e. The van der Waals surface area contributed by atoms with Gasteiger partial charge < -0.3 is 0 Å². The molecule has 0 aliphatic rings. The summed E-state index contributed by atoms with van der Waals surface area (Å²) in [6.45, 7) is 0. The van der Waals surface area contributed by atoms with Gasteiger partial charge in [0.05, 0.1) is 0 Å². The summed E-state index contributed by atoms with van der Waals surface area (Å²) < 4.78 is 24.0. The van der Waals surface area contributed by atoms with Crippen LogP contribution in [0.4, 0.5) is 0 Å². The minimum atomic E-state index is -3.83. The number of hydrogen-bond acceptors (Lipinski definition) is 2. The van der Waals surface area contributed by atoms with E-state index in [-0.39, 0.29) is 31.1 Å². The van der Waals surface area contributed by atoms with Crippen LogP contribution in [0.15, 0.2) is 0 Å². The Morgan fingerprint density at radius 2 is 1.50 bits per heavy atom. The molecule has 0 spiro atoms. The van der Waals surface area contributed by atoms with Gasteiger partial charge in [-0.25, -0.2) is 0 Å². The van der Waals surface area contributed by atoms with Crippen molar-refractivity contribution in [1.82, 2.24) is 0 Å². The molecule has 36 valence electrons. The average molecular weight is 352 g/mol. The number of hydrogen-bond donors (Lipinski definition) is 2. The van der Waals surface area contributed by atoms with Gasteiger partial charge in [-0.15, -0.1) is 0 Å². The van der Waals surface area contributed by atoms with Gasteiger partial charge in [0.15, 0.2) is 0 Å². The Kier molecular flexibility index (Phi) is 5.79. The zero-order valence-corrected chi connectivity index (χ0v) is 8.42. The maximum atomic E-state index is 9.11. The minimum Gasteiger partial charge on any atom is -0.285 e. The van der Waals surface area contributed by atoms with Crippen LogP contribution >= 0.6 is 0 Å². The van der Waals surface area contributed by atoms with E-state index < -0.39 is 9.05 Å². The molecule has 2 N–H and O–H groups in total. The van der Waals surface area contributed by atoms with E-state index in [1.54, 1.807) is 0 Å². The zero-order valence-electron chi connectivity index (χ0n) is 2.62. The second kappa shape index (κ2) is 3.36. The second-order valence-electron chi connectivity index (χ2n) is 0.448. The molecule has 0 aromatic rings. The SMILES string of the molecule is O=S(O)(O)=S.[U]. The van der Waals surface area contributed by atoms with E-state index in [4.69, 9.17) is 13.3 Å². The standard InChI is InChI=1S/H2O3S2.U/c1-5(2,3)4;/h(H2,1,2,3,4);. The molecule has 0 saturated carbocycles. The van der Waals surface area contributed by atoms with Crippen molar-refractivity contribution in [3.63, 3.8) is 0 Å². The van der Waals surface area contributed by atoms with Crippen LogP contribution in [-0.4, -0.2) is 13.3 Å². The van der Waals surface area contributed by atoms with E-state index in [1.165, 1.54) is 0 Å². The summed E-state index contributed by atoms with van der Waals surface area (Å²) in [5, 5.41) is 0. The van der Waals surface area contributed by atoms with Crippen molar-refractivity contribution in [2.24, 2.45) is 0 Å². The Labute approximate surface area is 64.2 Å². The largest absolute Gasteiger partial charge is 0.285 e. The van der Waals surface area contributed by atoms with Crippen molar-refractivity contribution in [2.45, 2.75) is 0 Å². The van der Waals surface area contributed by atoms with Crippen LogP contribution in [0.2, 0.25) is 0 Å². The molecule has 0 heterocycles. The fourth-order valence-electron chi connectivity index (χ4n) is 0. The van der Waals surface area contributed by atoms with E-state index in [2.05, 4.69) is 11.2 Å². The first-order valence-electron chi connectivity index (χ1n) is 0.698. The first-order valence-corrected chi connectivity index (χ1v) is 3.10. The van der Waals surface area contributed by atoms with Crippen molar-refractivity contribution in [1.29, 1.82) is 0 Å². The summed E-state index contributed by atoms with van der Waals surface area (Å²) >= 11 is 3.47. The van der Waals surface area contributed by atoms with Crippen LogP contribution in [0.5, 0.6) is 0 Å². The molecule has 0 aliphatic heterocycles. The molecule has 0 radical (unpaired) electrons. The Bertz CT molecular complexity index is 92.0. The Morgan fingerprint density at radius 3 is 1.50 bits per heavy atom. The van der Waals surface area contributed by atoms with Crippen LogP contribution in [0.3, 0.4) is 0 Å². The molecule has 0 aliphatic carbocycles. The molecule has 0 atom stereocenters. The van der Waals surface area contributed by atoms with Gasteiger partial charge in [0.25, 0.3) is 9.05 Å². The summed E-state index contributed by atoms with van der Waals surface area (Å²) in [7, 11) is -3.83. The maximum absolute atomic E-state index is 9.11. The molecular weight excluding hydrogens is 350 g/mol. The van der Waals surface area contributed by atoms with Gasteiger partial charge in [-0.05, 0) is 0 Å².